The molecule has 7 heteroatoms. The predicted octanol–water partition coefficient (Wildman–Crippen LogP) is 3.64. The Labute approximate surface area is 158 Å². The number of ether oxygens (including phenoxy) is 1. The fourth-order valence-corrected chi connectivity index (χ4v) is 2.72. The molecule has 0 radical (unpaired) electrons. The highest BCUT2D eigenvalue weighted by molar-refractivity contribution is 6.32. The molecule has 26 heavy (non-hydrogen) atoms. The predicted molar refractivity (Wildman–Crippen MR) is 103 cm³/mol. The van der Waals surface area contributed by atoms with Crippen molar-refractivity contribution in [2.45, 2.75) is 6.04 Å². The average Bonchev–Trinajstić information content (AvgIpc) is 2.62. The van der Waals surface area contributed by atoms with Crippen LogP contribution in [0.3, 0.4) is 0 Å². The number of nitriles is 1. The highest BCUT2D eigenvalue weighted by atomic mass is 35.5. The van der Waals surface area contributed by atoms with Gasteiger partial charge in [-0.2, -0.15) is 5.26 Å². The molecule has 0 aliphatic rings. The van der Waals surface area contributed by atoms with Crippen molar-refractivity contribution < 1.29 is 9.53 Å². The first-order valence-corrected chi connectivity index (χ1v) is 8.37. The molecule has 0 saturated heterocycles. The van der Waals surface area contributed by atoms with Gasteiger partial charge in [-0.15, -0.1) is 0 Å². The number of nitrogens with zero attached hydrogens (tertiary/aromatic N) is 2. The van der Waals surface area contributed by atoms with Gasteiger partial charge >= 0.3 is 6.03 Å². The molecule has 0 aliphatic heterocycles. The Kier molecular flexibility index (Phi) is 6.84. The third kappa shape index (κ3) is 5.12. The highest BCUT2D eigenvalue weighted by Crippen LogP contribution is 2.22. The first-order chi connectivity index (χ1) is 12.4. The summed E-state index contributed by atoms with van der Waals surface area (Å²) in [5, 5.41) is 14.8. The van der Waals surface area contributed by atoms with Crippen molar-refractivity contribution in [3.05, 3.63) is 58.6 Å². The number of halogens is 1. The van der Waals surface area contributed by atoms with E-state index in [4.69, 9.17) is 21.6 Å². The molecule has 6 nitrogen and oxygen atoms in total. The van der Waals surface area contributed by atoms with Crippen LogP contribution in [0.4, 0.5) is 10.5 Å². The maximum absolute atomic E-state index is 12.2. The molecule has 0 saturated carbocycles. The summed E-state index contributed by atoms with van der Waals surface area (Å²) in [5.74, 6) is 0.769. The van der Waals surface area contributed by atoms with Crippen molar-refractivity contribution in [2.75, 3.05) is 33.1 Å². The summed E-state index contributed by atoms with van der Waals surface area (Å²) in [6.45, 7) is 0.413. The standard InChI is InChI=1S/C19H21ClN4O2/c1-24(2)18(13-5-4-6-16(9-13)26-3)12-22-19(25)23-15-8-7-14(11-21)17(20)10-15/h4-10,18H,12H2,1-3H3,(H2,22,23,25). The van der Waals surface area contributed by atoms with E-state index >= 15 is 0 Å². The van der Waals surface area contributed by atoms with Crippen LogP contribution in [-0.4, -0.2) is 38.7 Å². The van der Waals surface area contributed by atoms with Crippen LogP contribution >= 0.6 is 11.6 Å². The van der Waals surface area contributed by atoms with E-state index in [0.717, 1.165) is 11.3 Å². The summed E-state index contributed by atoms with van der Waals surface area (Å²) in [6.07, 6.45) is 0. The van der Waals surface area contributed by atoms with Crippen LogP contribution < -0.4 is 15.4 Å². The van der Waals surface area contributed by atoms with Gasteiger partial charge in [0.1, 0.15) is 11.8 Å². The molecule has 0 heterocycles. The summed E-state index contributed by atoms with van der Waals surface area (Å²) in [4.78, 5) is 14.2. The van der Waals surface area contributed by atoms with Crippen LogP contribution in [0.2, 0.25) is 5.02 Å². The van der Waals surface area contributed by atoms with Gasteiger partial charge in [0.25, 0.3) is 0 Å². The number of likely N-dealkylation sites (N-methyl/N-ethyl adjacent to an activating group) is 1. The van der Waals surface area contributed by atoms with E-state index in [1.165, 1.54) is 0 Å². The van der Waals surface area contributed by atoms with Crippen LogP contribution in [0.1, 0.15) is 17.2 Å². The highest BCUT2D eigenvalue weighted by Gasteiger charge is 2.16. The number of carbonyl (C=O) groups is 1. The topological polar surface area (TPSA) is 77.4 Å². The van der Waals surface area contributed by atoms with Gasteiger partial charge in [-0.1, -0.05) is 23.7 Å². The largest absolute Gasteiger partial charge is 0.497 e. The monoisotopic (exact) mass is 372 g/mol. The number of hydrogen-bond donors (Lipinski definition) is 2. The molecule has 0 spiro atoms. The zero-order chi connectivity index (χ0) is 19.1. The number of rotatable bonds is 6. The van der Waals surface area contributed by atoms with Crippen molar-refractivity contribution in [3.63, 3.8) is 0 Å². The second-order valence-corrected chi connectivity index (χ2v) is 6.30. The fourth-order valence-electron chi connectivity index (χ4n) is 2.50. The zero-order valence-electron chi connectivity index (χ0n) is 14.9. The molecule has 0 fully saturated rings. The Balaban J connectivity index is 2.01. The van der Waals surface area contributed by atoms with Crippen molar-refractivity contribution >= 4 is 23.3 Å². The number of carbonyl (C=O) groups excluding carboxylic acids is 1. The first kappa shape index (κ1) is 19.6. The second-order valence-electron chi connectivity index (χ2n) is 5.90. The minimum absolute atomic E-state index is 0.0135. The molecule has 2 N–H and O–H groups in total. The normalized spacial score (nSPS) is 11.5. The Morgan fingerprint density at radius 3 is 2.69 bits per heavy atom. The molecular formula is C19H21ClN4O2. The third-order valence-corrected chi connectivity index (χ3v) is 4.22. The number of urea groups is 1. The van der Waals surface area contributed by atoms with Crippen molar-refractivity contribution in [3.8, 4) is 11.8 Å². The average molecular weight is 373 g/mol. The van der Waals surface area contributed by atoms with Gasteiger partial charge in [0.15, 0.2) is 0 Å². The maximum Gasteiger partial charge on any atom is 0.319 e. The van der Waals surface area contributed by atoms with E-state index in [2.05, 4.69) is 10.6 Å². The second kappa shape index (κ2) is 9.09. The van der Waals surface area contributed by atoms with Crippen LogP contribution in [0.15, 0.2) is 42.5 Å². The van der Waals surface area contributed by atoms with E-state index in [9.17, 15) is 4.79 Å². The molecule has 136 valence electrons. The summed E-state index contributed by atoms with van der Waals surface area (Å²) in [6, 6.07) is 14.1. The maximum atomic E-state index is 12.2. The van der Waals surface area contributed by atoms with Gasteiger partial charge in [-0.3, -0.25) is 0 Å². The lowest BCUT2D eigenvalue weighted by Crippen LogP contribution is -2.36. The minimum atomic E-state index is -0.347. The molecular weight excluding hydrogens is 352 g/mol. The molecule has 0 aliphatic carbocycles. The molecule has 2 aromatic rings. The SMILES string of the molecule is COc1cccc(C(CNC(=O)Nc2ccc(C#N)c(Cl)c2)N(C)C)c1. The molecule has 2 aromatic carbocycles. The van der Waals surface area contributed by atoms with Crippen LogP contribution in [0.25, 0.3) is 0 Å². The Morgan fingerprint density at radius 2 is 2.08 bits per heavy atom. The smallest absolute Gasteiger partial charge is 0.319 e. The zero-order valence-corrected chi connectivity index (χ0v) is 15.7. The van der Waals surface area contributed by atoms with Gasteiger partial charge in [0.2, 0.25) is 0 Å². The third-order valence-electron chi connectivity index (χ3n) is 3.91. The van der Waals surface area contributed by atoms with Gasteiger partial charge in [0.05, 0.1) is 23.7 Å². The van der Waals surface area contributed by atoms with E-state index in [-0.39, 0.29) is 12.1 Å². The van der Waals surface area contributed by atoms with Crippen LogP contribution in [0.5, 0.6) is 5.75 Å². The molecule has 1 unspecified atom stereocenters. The van der Waals surface area contributed by atoms with Crippen molar-refractivity contribution in [1.29, 1.82) is 5.26 Å². The molecule has 0 bridgehead atoms. The number of nitrogens with one attached hydrogen (secondary N) is 2. The van der Waals surface area contributed by atoms with Crippen molar-refractivity contribution in [2.24, 2.45) is 0 Å². The summed E-state index contributed by atoms with van der Waals surface area (Å²) in [7, 11) is 5.52. The molecule has 0 aromatic heterocycles. The lowest BCUT2D eigenvalue weighted by molar-refractivity contribution is 0.243. The lowest BCUT2D eigenvalue weighted by Gasteiger charge is -2.25. The molecule has 2 amide bonds. The molecule has 1 atom stereocenters. The van der Waals surface area contributed by atoms with Crippen LogP contribution in [-0.2, 0) is 0 Å². The minimum Gasteiger partial charge on any atom is -0.497 e. The summed E-state index contributed by atoms with van der Waals surface area (Å²) < 4.78 is 5.27. The van der Waals surface area contributed by atoms with Gasteiger partial charge in [-0.25, -0.2) is 4.79 Å². The number of benzene rings is 2. The number of methoxy groups -OCH3 is 1. The first-order valence-electron chi connectivity index (χ1n) is 7.99. The number of amides is 2. The summed E-state index contributed by atoms with van der Waals surface area (Å²) >= 11 is 5.98. The van der Waals surface area contributed by atoms with E-state index in [1.807, 2.05) is 49.3 Å². The molecule has 2 rings (SSSR count). The summed E-state index contributed by atoms with van der Waals surface area (Å²) in [5.41, 5.74) is 1.92. The Hall–Kier alpha value is -2.75. The fraction of sp³-hybridized carbons (Fsp3) is 0.263. The van der Waals surface area contributed by atoms with Crippen LogP contribution in [0, 0.1) is 11.3 Å². The van der Waals surface area contributed by atoms with E-state index in [0.29, 0.717) is 22.8 Å². The number of anilines is 1. The quantitative estimate of drug-likeness (QED) is 0.811. The van der Waals surface area contributed by atoms with Gasteiger partial charge < -0.3 is 20.3 Å². The van der Waals surface area contributed by atoms with Crippen molar-refractivity contribution in [1.82, 2.24) is 10.2 Å². The van der Waals surface area contributed by atoms with E-state index in [1.54, 1.807) is 25.3 Å². The van der Waals surface area contributed by atoms with Gasteiger partial charge in [-0.05, 0) is 50.0 Å². The van der Waals surface area contributed by atoms with E-state index < -0.39 is 0 Å². The van der Waals surface area contributed by atoms with Gasteiger partial charge in [0, 0.05) is 12.2 Å². The number of hydrogen-bond acceptors (Lipinski definition) is 4. The Morgan fingerprint density at radius 1 is 1.31 bits per heavy atom. The lowest BCUT2D eigenvalue weighted by atomic mass is 10.1. The Bertz CT molecular complexity index is 817.